The van der Waals surface area contributed by atoms with Crippen molar-refractivity contribution in [2.75, 3.05) is 27.4 Å². The second-order valence-electron chi connectivity index (χ2n) is 5.74. The Balaban J connectivity index is 2.22. The summed E-state index contributed by atoms with van der Waals surface area (Å²) in [4.78, 5) is 0. The normalized spacial score (nSPS) is 22.3. The van der Waals surface area contributed by atoms with Crippen LogP contribution in [0.2, 0.25) is 0 Å². The van der Waals surface area contributed by atoms with Crippen molar-refractivity contribution in [2.24, 2.45) is 5.92 Å². The van der Waals surface area contributed by atoms with Crippen LogP contribution in [0.25, 0.3) is 0 Å². The molecule has 0 saturated heterocycles. The Morgan fingerprint density at radius 1 is 1.38 bits per heavy atom. The number of nitrogens with one attached hydrogen (secondary N) is 1. The summed E-state index contributed by atoms with van der Waals surface area (Å²) in [7, 11) is 3.44. The van der Waals surface area contributed by atoms with Crippen molar-refractivity contribution in [3.8, 4) is 11.5 Å². The average Bonchev–Trinajstić information content (AvgIpc) is 2.52. The summed E-state index contributed by atoms with van der Waals surface area (Å²) >= 11 is 0. The van der Waals surface area contributed by atoms with Crippen LogP contribution >= 0.6 is 0 Å². The van der Waals surface area contributed by atoms with E-state index < -0.39 is 0 Å². The van der Waals surface area contributed by atoms with Gasteiger partial charge in [0.15, 0.2) is 0 Å². The molecule has 0 bridgehead atoms. The molecule has 4 nitrogen and oxygen atoms in total. The molecule has 0 fully saturated rings. The maximum absolute atomic E-state index is 6.18. The van der Waals surface area contributed by atoms with Gasteiger partial charge >= 0.3 is 0 Å². The molecule has 3 atom stereocenters. The van der Waals surface area contributed by atoms with E-state index in [9.17, 15) is 0 Å². The Labute approximate surface area is 127 Å². The van der Waals surface area contributed by atoms with E-state index in [4.69, 9.17) is 14.2 Å². The molecule has 1 heterocycles. The van der Waals surface area contributed by atoms with Gasteiger partial charge in [0.25, 0.3) is 0 Å². The zero-order valence-corrected chi connectivity index (χ0v) is 13.5. The summed E-state index contributed by atoms with van der Waals surface area (Å²) in [5.74, 6) is 2.21. The highest BCUT2D eigenvalue weighted by molar-refractivity contribution is 5.43. The Morgan fingerprint density at radius 2 is 2.19 bits per heavy atom. The van der Waals surface area contributed by atoms with Crippen molar-refractivity contribution in [1.82, 2.24) is 5.32 Å². The summed E-state index contributed by atoms with van der Waals surface area (Å²) in [6.45, 7) is 6.09. The molecule has 118 valence electrons. The van der Waals surface area contributed by atoms with Gasteiger partial charge in [0.2, 0.25) is 0 Å². The first kappa shape index (κ1) is 16.1. The van der Waals surface area contributed by atoms with Gasteiger partial charge < -0.3 is 19.5 Å². The van der Waals surface area contributed by atoms with Crippen LogP contribution in [0.1, 0.15) is 38.3 Å². The fourth-order valence-electron chi connectivity index (χ4n) is 2.83. The minimum atomic E-state index is 0.181. The van der Waals surface area contributed by atoms with Crippen LogP contribution in [0, 0.1) is 5.92 Å². The number of fused-ring (bicyclic) bond motifs is 1. The largest absolute Gasteiger partial charge is 0.497 e. The summed E-state index contributed by atoms with van der Waals surface area (Å²) in [5.41, 5.74) is 1.20. The highest BCUT2D eigenvalue weighted by Gasteiger charge is 2.31. The summed E-state index contributed by atoms with van der Waals surface area (Å²) in [6.07, 6.45) is 2.26. The van der Waals surface area contributed by atoms with Crippen LogP contribution in [0.5, 0.6) is 11.5 Å². The van der Waals surface area contributed by atoms with E-state index >= 15 is 0 Å². The van der Waals surface area contributed by atoms with Crippen molar-refractivity contribution in [3.05, 3.63) is 23.8 Å². The molecule has 3 unspecified atom stereocenters. The number of ether oxygens (including phenoxy) is 3. The fourth-order valence-corrected chi connectivity index (χ4v) is 2.83. The minimum Gasteiger partial charge on any atom is -0.497 e. The third kappa shape index (κ3) is 3.89. The predicted molar refractivity (Wildman–Crippen MR) is 84.1 cm³/mol. The Hall–Kier alpha value is -1.26. The Bertz CT molecular complexity index is 450. The lowest BCUT2D eigenvalue weighted by molar-refractivity contribution is 0.0500. The number of rotatable bonds is 7. The van der Waals surface area contributed by atoms with Crippen LogP contribution in [-0.4, -0.2) is 33.5 Å². The molecular formula is C17H27NO3. The lowest BCUT2D eigenvalue weighted by atomic mass is 9.90. The number of hydrogen-bond acceptors (Lipinski definition) is 4. The highest BCUT2D eigenvalue weighted by Crippen LogP contribution is 2.38. The SMILES string of the molecule is CCCNC1CC(C(C)COC)Oc2ccc(OC)cc21. The number of hydrogen-bond donors (Lipinski definition) is 1. The lowest BCUT2D eigenvalue weighted by Gasteiger charge is -2.35. The molecule has 1 aromatic rings. The zero-order valence-electron chi connectivity index (χ0n) is 13.5. The van der Waals surface area contributed by atoms with Crippen molar-refractivity contribution in [3.63, 3.8) is 0 Å². The van der Waals surface area contributed by atoms with E-state index in [-0.39, 0.29) is 6.10 Å². The molecular weight excluding hydrogens is 266 g/mol. The van der Waals surface area contributed by atoms with Gasteiger partial charge in [-0.2, -0.15) is 0 Å². The summed E-state index contributed by atoms with van der Waals surface area (Å²) in [6, 6.07) is 6.37. The molecule has 0 aliphatic carbocycles. The first-order chi connectivity index (χ1) is 10.2. The minimum absolute atomic E-state index is 0.181. The molecule has 1 N–H and O–H groups in total. The van der Waals surface area contributed by atoms with Crippen LogP contribution in [0.15, 0.2) is 18.2 Å². The topological polar surface area (TPSA) is 39.7 Å². The van der Waals surface area contributed by atoms with Gasteiger partial charge in [-0.25, -0.2) is 0 Å². The van der Waals surface area contributed by atoms with Crippen LogP contribution < -0.4 is 14.8 Å². The van der Waals surface area contributed by atoms with Crippen molar-refractivity contribution < 1.29 is 14.2 Å². The van der Waals surface area contributed by atoms with Gasteiger partial charge in [-0.05, 0) is 31.2 Å². The molecule has 21 heavy (non-hydrogen) atoms. The molecule has 4 heteroatoms. The smallest absolute Gasteiger partial charge is 0.124 e. The van der Waals surface area contributed by atoms with E-state index in [0.29, 0.717) is 12.0 Å². The van der Waals surface area contributed by atoms with Crippen molar-refractivity contribution in [1.29, 1.82) is 0 Å². The van der Waals surface area contributed by atoms with E-state index in [1.807, 2.05) is 12.1 Å². The van der Waals surface area contributed by atoms with Gasteiger partial charge in [-0.3, -0.25) is 0 Å². The second kappa shape index (κ2) is 7.66. The first-order valence-corrected chi connectivity index (χ1v) is 7.76. The molecule has 0 radical (unpaired) electrons. The fraction of sp³-hybridized carbons (Fsp3) is 0.647. The van der Waals surface area contributed by atoms with E-state index in [0.717, 1.165) is 37.5 Å². The van der Waals surface area contributed by atoms with Crippen LogP contribution in [0.4, 0.5) is 0 Å². The summed E-state index contributed by atoms with van der Waals surface area (Å²) in [5, 5.41) is 3.63. The van der Waals surface area contributed by atoms with Crippen LogP contribution in [-0.2, 0) is 4.74 Å². The molecule has 2 rings (SSSR count). The lowest BCUT2D eigenvalue weighted by Crippen LogP contribution is -2.38. The molecule has 1 aromatic carbocycles. The van der Waals surface area contributed by atoms with E-state index in [2.05, 4.69) is 25.2 Å². The Morgan fingerprint density at radius 3 is 2.86 bits per heavy atom. The van der Waals surface area contributed by atoms with Gasteiger partial charge in [0, 0.05) is 31.1 Å². The monoisotopic (exact) mass is 293 g/mol. The quantitative estimate of drug-likeness (QED) is 0.838. The summed E-state index contributed by atoms with van der Waals surface area (Å²) < 4.78 is 16.8. The van der Waals surface area contributed by atoms with E-state index in [1.54, 1.807) is 14.2 Å². The van der Waals surface area contributed by atoms with Gasteiger partial charge in [-0.15, -0.1) is 0 Å². The predicted octanol–water partition coefficient (Wildman–Crippen LogP) is 3.17. The molecule has 0 aromatic heterocycles. The maximum atomic E-state index is 6.18. The van der Waals surface area contributed by atoms with E-state index in [1.165, 1.54) is 5.56 Å². The van der Waals surface area contributed by atoms with Gasteiger partial charge in [0.05, 0.1) is 13.7 Å². The second-order valence-corrected chi connectivity index (χ2v) is 5.74. The Kier molecular flexibility index (Phi) is 5.88. The third-order valence-corrected chi connectivity index (χ3v) is 4.04. The maximum Gasteiger partial charge on any atom is 0.124 e. The van der Waals surface area contributed by atoms with Crippen LogP contribution in [0.3, 0.4) is 0 Å². The van der Waals surface area contributed by atoms with Crippen molar-refractivity contribution in [2.45, 2.75) is 38.8 Å². The number of methoxy groups -OCH3 is 2. The zero-order chi connectivity index (χ0) is 15.2. The van der Waals surface area contributed by atoms with Crippen molar-refractivity contribution >= 4 is 0 Å². The highest BCUT2D eigenvalue weighted by atomic mass is 16.5. The molecule has 0 spiro atoms. The standard InChI is InChI=1S/C17H27NO3/c1-5-8-18-15-10-17(12(2)11-19-3)21-16-7-6-13(20-4)9-14(15)16/h6-7,9,12,15,17-18H,5,8,10-11H2,1-4H3. The number of benzene rings is 1. The molecule has 1 aliphatic rings. The molecule has 1 aliphatic heterocycles. The average molecular weight is 293 g/mol. The third-order valence-electron chi connectivity index (χ3n) is 4.04. The van der Waals surface area contributed by atoms with Gasteiger partial charge in [0.1, 0.15) is 17.6 Å². The molecule has 0 saturated carbocycles. The molecule has 0 amide bonds. The first-order valence-electron chi connectivity index (χ1n) is 7.76. The van der Waals surface area contributed by atoms with Gasteiger partial charge in [-0.1, -0.05) is 13.8 Å².